The number of phenols is 1. The van der Waals surface area contributed by atoms with E-state index in [9.17, 15) is 39.0 Å². The molecule has 0 fully saturated rings. The molecule has 0 aliphatic carbocycles. The fraction of sp³-hybridized carbons (Fsp3) is 0.478. The summed E-state index contributed by atoms with van der Waals surface area (Å²) in [6.45, 7) is 3.73. The Bertz CT molecular complexity index is 997. The summed E-state index contributed by atoms with van der Waals surface area (Å²) < 4.78 is 0. The normalized spacial score (nSPS) is 14.1. The van der Waals surface area contributed by atoms with Gasteiger partial charge in [-0.05, 0) is 30.0 Å². The highest BCUT2D eigenvalue weighted by atomic mass is 16.4. The van der Waals surface area contributed by atoms with Gasteiger partial charge in [0.15, 0.2) is 0 Å². The molecule has 14 nitrogen and oxygen atoms in total. The molecule has 0 saturated heterocycles. The van der Waals surface area contributed by atoms with Crippen LogP contribution in [0.2, 0.25) is 0 Å². The highest BCUT2D eigenvalue weighted by molar-refractivity contribution is 5.96. The third-order valence-electron chi connectivity index (χ3n) is 5.13. The number of carboxylic acid groups (broad SMARTS) is 1. The second-order valence-electron chi connectivity index (χ2n) is 8.97. The number of hydrogen-bond acceptors (Lipinski definition) is 8. The number of carbonyl (C=O) groups excluding carboxylic acids is 5. The quantitative estimate of drug-likeness (QED) is 0.122. The van der Waals surface area contributed by atoms with Gasteiger partial charge in [-0.25, -0.2) is 4.79 Å². The molecular weight excluding hydrogens is 488 g/mol. The molecule has 0 spiro atoms. The number of hydrogen-bond donors (Lipinski definition) is 8. The maximum atomic E-state index is 13.2. The molecule has 0 aliphatic heterocycles. The van der Waals surface area contributed by atoms with E-state index in [1.165, 1.54) is 24.3 Å². The van der Waals surface area contributed by atoms with E-state index in [0.29, 0.717) is 12.0 Å². The first-order valence-electron chi connectivity index (χ1n) is 11.4. The van der Waals surface area contributed by atoms with E-state index in [-0.39, 0.29) is 18.1 Å². The Hall–Kier alpha value is -4.20. The summed E-state index contributed by atoms with van der Waals surface area (Å²) >= 11 is 0. The zero-order chi connectivity index (χ0) is 28.3. The first-order valence-corrected chi connectivity index (χ1v) is 11.4. The van der Waals surface area contributed by atoms with Gasteiger partial charge in [0.1, 0.15) is 23.9 Å². The summed E-state index contributed by atoms with van der Waals surface area (Å²) in [6, 6.07) is 0.275. The van der Waals surface area contributed by atoms with Crippen molar-refractivity contribution in [1.82, 2.24) is 16.0 Å². The van der Waals surface area contributed by atoms with Gasteiger partial charge in [-0.15, -0.1) is 0 Å². The maximum Gasteiger partial charge on any atom is 0.326 e. The Balaban J connectivity index is 3.16. The van der Waals surface area contributed by atoms with Crippen molar-refractivity contribution < 1.29 is 39.0 Å². The standard InChI is InChI=1S/C23H34N6O8/c1-11(2)7-14(24)20(33)27-15(8-12-3-5-13(30)6-4-12)21(34)28-16(9-18(25)31)22(35)29-17(23(36)37)10-19(26)32/h3-6,11,14-17,30H,7-10,24H2,1-2H3,(H2,25,31)(H2,26,32)(H,27,33)(H,28,34)(H,29,35)(H,36,37). The van der Waals surface area contributed by atoms with Crippen LogP contribution in [0.25, 0.3) is 0 Å². The number of nitrogens with one attached hydrogen (secondary N) is 3. The number of aliphatic carboxylic acids is 1. The van der Waals surface area contributed by atoms with Crippen molar-refractivity contribution in [2.45, 2.75) is 63.7 Å². The second kappa shape index (κ2) is 14.4. The fourth-order valence-corrected chi connectivity index (χ4v) is 3.33. The van der Waals surface area contributed by atoms with Crippen LogP contribution in [-0.4, -0.2) is 69.9 Å². The van der Waals surface area contributed by atoms with Crippen LogP contribution in [-0.2, 0) is 35.2 Å². The molecule has 0 aromatic heterocycles. The first kappa shape index (κ1) is 30.8. The first-order chi connectivity index (χ1) is 17.2. The van der Waals surface area contributed by atoms with Crippen molar-refractivity contribution in [3.8, 4) is 5.75 Å². The third-order valence-corrected chi connectivity index (χ3v) is 5.13. The predicted octanol–water partition coefficient (Wildman–Crippen LogP) is -2.40. The predicted molar refractivity (Wildman–Crippen MR) is 130 cm³/mol. The lowest BCUT2D eigenvalue weighted by Crippen LogP contribution is -2.58. The van der Waals surface area contributed by atoms with Crippen LogP contribution in [0.4, 0.5) is 0 Å². The number of primary amides is 2. The van der Waals surface area contributed by atoms with E-state index < -0.39 is 72.5 Å². The average molecular weight is 523 g/mol. The zero-order valence-electron chi connectivity index (χ0n) is 20.6. The number of benzene rings is 1. The van der Waals surface area contributed by atoms with E-state index in [1.807, 2.05) is 19.2 Å². The average Bonchev–Trinajstić information content (AvgIpc) is 2.77. The van der Waals surface area contributed by atoms with E-state index in [2.05, 4.69) is 10.6 Å². The largest absolute Gasteiger partial charge is 0.508 e. The topological polar surface area (TPSA) is 257 Å². The van der Waals surface area contributed by atoms with Crippen LogP contribution in [0.1, 0.15) is 38.7 Å². The Morgan fingerprint density at radius 3 is 1.73 bits per heavy atom. The number of nitrogens with two attached hydrogens (primary N) is 3. The zero-order valence-corrected chi connectivity index (χ0v) is 20.6. The molecule has 1 aromatic carbocycles. The minimum Gasteiger partial charge on any atom is -0.508 e. The SMILES string of the molecule is CC(C)CC(N)C(=O)NC(Cc1ccc(O)cc1)C(=O)NC(CC(N)=O)C(=O)NC(CC(N)=O)C(=O)O. The molecule has 204 valence electrons. The molecule has 0 heterocycles. The molecule has 0 radical (unpaired) electrons. The molecule has 37 heavy (non-hydrogen) atoms. The maximum absolute atomic E-state index is 13.2. The van der Waals surface area contributed by atoms with Gasteiger partial charge in [0.05, 0.1) is 18.9 Å². The number of carbonyl (C=O) groups is 6. The molecule has 0 bridgehead atoms. The molecule has 11 N–H and O–H groups in total. The number of rotatable bonds is 15. The Kier molecular flexibility index (Phi) is 12.0. The molecular formula is C23H34N6O8. The van der Waals surface area contributed by atoms with Gasteiger partial charge in [0.2, 0.25) is 29.5 Å². The molecule has 1 aromatic rings. The van der Waals surface area contributed by atoms with E-state index >= 15 is 0 Å². The lowest BCUT2D eigenvalue weighted by atomic mass is 10.0. The summed E-state index contributed by atoms with van der Waals surface area (Å²) in [4.78, 5) is 72.5. The van der Waals surface area contributed by atoms with Gasteiger partial charge in [0, 0.05) is 6.42 Å². The van der Waals surface area contributed by atoms with Crippen LogP contribution in [0, 0.1) is 5.92 Å². The second-order valence-corrected chi connectivity index (χ2v) is 8.97. The van der Waals surface area contributed by atoms with Crippen molar-refractivity contribution in [2.75, 3.05) is 0 Å². The fourth-order valence-electron chi connectivity index (χ4n) is 3.33. The minimum absolute atomic E-state index is 0.0186. The summed E-state index contributed by atoms with van der Waals surface area (Å²) in [5.74, 6) is -6.10. The number of aromatic hydroxyl groups is 1. The molecule has 0 saturated carbocycles. The van der Waals surface area contributed by atoms with Crippen molar-refractivity contribution in [2.24, 2.45) is 23.1 Å². The third kappa shape index (κ3) is 11.4. The Morgan fingerprint density at radius 2 is 1.24 bits per heavy atom. The lowest BCUT2D eigenvalue weighted by molar-refractivity contribution is -0.144. The minimum atomic E-state index is -1.71. The van der Waals surface area contributed by atoms with Crippen molar-refractivity contribution >= 4 is 35.5 Å². The molecule has 5 amide bonds. The number of phenolic OH excluding ortho intramolecular Hbond substituents is 1. The van der Waals surface area contributed by atoms with E-state index in [0.717, 1.165) is 0 Å². The van der Waals surface area contributed by atoms with Gasteiger partial charge in [0.25, 0.3) is 0 Å². The summed E-state index contributed by atoms with van der Waals surface area (Å²) in [5.41, 5.74) is 16.7. The van der Waals surface area contributed by atoms with Crippen molar-refractivity contribution in [1.29, 1.82) is 0 Å². The Labute approximate surface area is 213 Å². The van der Waals surface area contributed by atoms with Gasteiger partial charge >= 0.3 is 5.97 Å². The van der Waals surface area contributed by atoms with E-state index in [1.54, 1.807) is 0 Å². The summed E-state index contributed by atoms with van der Waals surface area (Å²) in [6.07, 6.45) is -1.17. The Morgan fingerprint density at radius 1 is 0.784 bits per heavy atom. The van der Waals surface area contributed by atoms with Crippen molar-refractivity contribution in [3.05, 3.63) is 29.8 Å². The molecule has 14 heteroatoms. The highest BCUT2D eigenvalue weighted by Gasteiger charge is 2.32. The van der Waals surface area contributed by atoms with Gasteiger partial charge in [-0.3, -0.25) is 24.0 Å². The summed E-state index contributed by atoms with van der Waals surface area (Å²) in [7, 11) is 0. The van der Waals surface area contributed by atoms with Crippen LogP contribution >= 0.6 is 0 Å². The van der Waals surface area contributed by atoms with Crippen LogP contribution in [0.15, 0.2) is 24.3 Å². The highest BCUT2D eigenvalue weighted by Crippen LogP contribution is 2.12. The molecule has 4 unspecified atom stereocenters. The van der Waals surface area contributed by atoms with Crippen molar-refractivity contribution in [3.63, 3.8) is 0 Å². The van der Waals surface area contributed by atoms with E-state index in [4.69, 9.17) is 17.2 Å². The van der Waals surface area contributed by atoms with Gasteiger partial charge < -0.3 is 43.4 Å². The monoisotopic (exact) mass is 522 g/mol. The van der Waals surface area contributed by atoms with Crippen LogP contribution < -0.4 is 33.2 Å². The molecule has 1 rings (SSSR count). The van der Waals surface area contributed by atoms with Crippen LogP contribution in [0.3, 0.4) is 0 Å². The van der Waals surface area contributed by atoms with Gasteiger partial charge in [-0.2, -0.15) is 0 Å². The summed E-state index contributed by atoms with van der Waals surface area (Å²) in [5, 5.41) is 25.6. The molecule has 0 aliphatic rings. The lowest BCUT2D eigenvalue weighted by Gasteiger charge is -2.25. The van der Waals surface area contributed by atoms with Gasteiger partial charge in [-0.1, -0.05) is 26.0 Å². The number of amides is 5. The smallest absolute Gasteiger partial charge is 0.326 e. The van der Waals surface area contributed by atoms with Crippen LogP contribution in [0.5, 0.6) is 5.75 Å². The number of carboxylic acids is 1. The molecule has 4 atom stereocenters.